The number of nitrogens with two attached hydrogens (primary N) is 1. The molecule has 0 aliphatic carbocycles. The fraction of sp³-hybridized carbons (Fsp3) is 0.308. The molecule has 1 amide bonds. The van der Waals surface area contributed by atoms with Gasteiger partial charge in [-0.25, -0.2) is 4.98 Å². The minimum absolute atomic E-state index is 0.152. The summed E-state index contributed by atoms with van der Waals surface area (Å²) < 4.78 is 1.67. The molecule has 0 radical (unpaired) electrons. The quantitative estimate of drug-likeness (QED) is 0.686. The van der Waals surface area contributed by atoms with Gasteiger partial charge in [0.15, 0.2) is 5.82 Å². The molecule has 2 aromatic rings. The number of rotatable bonds is 5. The zero-order valence-electron chi connectivity index (χ0n) is 11.6. The summed E-state index contributed by atoms with van der Waals surface area (Å²) in [6.45, 7) is 0.674. The second-order valence-electron chi connectivity index (χ2n) is 4.39. The monoisotopic (exact) mass is 274 g/mol. The summed E-state index contributed by atoms with van der Waals surface area (Å²) in [5, 5.41) is 9.96. The standard InChI is InChI=1S/C13H18N6O/c1-15-13(20)9-3-4-11(10(14)7-9)16-6-5-12-17-8-19(2)18-12/h3-4,7-8,16H,5-6,14H2,1-2H3,(H,15,20). The van der Waals surface area contributed by atoms with Crippen molar-refractivity contribution in [1.82, 2.24) is 20.1 Å². The minimum Gasteiger partial charge on any atom is -0.397 e. The normalized spacial score (nSPS) is 10.3. The Morgan fingerprint density at radius 3 is 2.85 bits per heavy atom. The van der Waals surface area contributed by atoms with Crippen molar-refractivity contribution in [3.05, 3.63) is 35.9 Å². The second-order valence-corrected chi connectivity index (χ2v) is 4.39. The number of carbonyl (C=O) groups excluding carboxylic acids is 1. The Hall–Kier alpha value is -2.57. The minimum atomic E-state index is -0.152. The van der Waals surface area contributed by atoms with Crippen molar-refractivity contribution in [3.8, 4) is 0 Å². The highest BCUT2D eigenvalue weighted by Crippen LogP contribution is 2.19. The molecule has 0 unspecified atom stereocenters. The van der Waals surface area contributed by atoms with Crippen molar-refractivity contribution in [2.45, 2.75) is 6.42 Å². The molecule has 2 rings (SSSR count). The summed E-state index contributed by atoms with van der Waals surface area (Å²) in [6, 6.07) is 5.18. The van der Waals surface area contributed by atoms with Crippen LogP contribution in [0, 0.1) is 0 Å². The SMILES string of the molecule is CNC(=O)c1ccc(NCCc2ncn(C)n2)c(N)c1. The van der Waals surface area contributed by atoms with Crippen LogP contribution in [0.2, 0.25) is 0 Å². The number of amides is 1. The molecule has 0 fully saturated rings. The zero-order chi connectivity index (χ0) is 14.5. The second kappa shape index (κ2) is 6.05. The molecule has 7 heteroatoms. The first-order valence-corrected chi connectivity index (χ1v) is 6.30. The molecule has 0 spiro atoms. The zero-order valence-corrected chi connectivity index (χ0v) is 11.6. The Kier molecular flexibility index (Phi) is 4.19. The topological polar surface area (TPSA) is 97.9 Å². The molecule has 20 heavy (non-hydrogen) atoms. The van der Waals surface area contributed by atoms with Crippen LogP contribution in [0.3, 0.4) is 0 Å². The Labute approximate surface area is 117 Å². The summed E-state index contributed by atoms with van der Waals surface area (Å²) >= 11 is 0. The molecule has 106 valence electrons. The van der Waals surface area contributed by atoms with Crippen LogP contribution in [0.25, 0.3) is 0 Å². The maximum atomic E-state index is 11.5. The molecule has 0 aliphatic heterocycles. The lowest BCUT2D eigenvalue weighted by Gasteiger charge is -2.09. The number of anilines is 2. The summed E-state index contributed by atoms with van der Waals surface area (Å²) in [5.41, 5.74) is 7.80. The highest BCUT2D eigenvalue weighted by atomic mass is 16.1. The molecule has 0 bridgehead atoms. The Bertz CT molecular complexity index is 607. The third kappa shape index (κ3) is 3.25. The third-order valence-corrected chi connectivity index (χ3v) is 2.85. The third-order valence-electron chi connectivity index (χ3n) is 2.85. The first-order valence-electron chi connectivity index (χ1n) is 6.30. The summed E-state index contributed by atoms with van der Waals surface area (Å²) in [5.74, 6) is 0.626. The molecule has 1 aromatic heterocycles. The van der Waals surface area contributed by atoms with Gasteiger partial charge in [0.25, 0.3) is 5.91 Å². The van der Waals surface area contributed by atoms with Gasteiger partial charge in [0.1, 0.15) is 6.33 Å². The first-order chi connectivity index (χ1) is 9.60. The molecule has 0 saturated carbocycles. The Morgan fingerprint density at radius 1 is 1.45 bits per heavy atom. The van der Waals surface area contributed by atoms with Crippen molar-refractivity contribution in [2.75, 3.05) is 24.6 Å². The van der Waals surface area contributed by atoms with Gasteiger partial charge in [0.05, 0.1) is 11.4 Å². The van der Waals surface area contributed by atoms with E-state index in [2.05, 4.69) is 20.7 Å². The van der Waals surface area contributed by atoms with Crippen molar-refractivity contribution in [1.29, 1.82) is 0 Å². The molecule has 4 N–H and O–H groups in total. The van der Waals surface area contributed by atoms with Gasteiger partial charge in [0.2, 0.25) is 0 Å². The number of hydrogen-bond donors (Lipinski definition) is 3. The van der Waals surface area contributed by atoms with Crippen LogP contribution in [0.1, 0.15) is 16.2 Å². The van der Waals surface area contributed by atoms with Gasteiger partial charge in [-0.3, -0.25) is 9.48 Å². The fourth-order valence-corrected chi connectivity index (χ4v) is 1.82. The highest BCUT2D eigenvalue weighted by Gasteiger charge is 2.06. The predicted octanol–water partition coefficient (Wildman–Crippen LogP) is 0.412. The van der Waals surface area contributed by atoms with Crippen LogP contribution < -0.4 is 16.4 Å². The van der Waals surface area contributed by atoms with Gasteiger partial charge >= 0.3 is 0 Å². The van der Waals surface area contributed by atoms with Crippen molar-refractivity contribution in [2.24, 2.45) is 7.05 Å². The first kappa shape index (κ1) is 13.9. The molecule has 0 aliphatic rings. The Morgan fingerprint density at radius 2 is 2.25 bits per heavy atom. The lowest BCUT2D eigenvalue weighted by molar-refractivity contribution is 0.0963. The van der Waals surface area contributed by atoms with Gasteiger partial charge in [-0.15, -0.1) is 0 Å². The van der Waals surface area contributed by atoms with E-state index in [1.54, 1.807) is 36.3 Å². The highest BCUT2D eigenvalue weighted by molar-refractivity contribution is 5.95. The number of carbonyl (C=O) groups is 1. The smallest absolute Gasteiger partial charge is 0.251 e. The summed E-state index contributed by atoms with van der Waals surface area (Å²) in [7, 11) is 3.42. The van der Waals surface area contributed by atoms with E-state index in [1.807, 2.05) is 7.05 Å². The van der Waals surface area contributed by atoms with E-state index in [1.165, 1.54) is 0 Å². The largest absolute Gasteiger partial charge is 0.397 e. The number of aromatic nitrogens is 3. The van der Waals surface area contributed by atoms with Crippen LogP contribution >= 0.6 is 0 Å². The molecular formula is C13H18N6O. The average Bonchev–Trinajstić information content (AvgIpc) is 2.85. The fourth-order valence-electron chi connectivity index (χ4n) is 1.82. The van der Waals surface area contributed by atoms with Crippen LogP contribution in [-0.4, -0.2) is 34.3 Å². The van der Waals surface area contributed by atoms with Crippen LogP contribution in [0.5, 0.6) is 0 Å². The van der Waals surface area contributed by atoms with Crippen LogP contribution in [0.4, 0.5) is 11.4 Å². The van der Waals surface area contributed by atoms with Crippen molar-refractivity contribution >= 4 is 17.3 Å². The molecule has 1 heterocycles. The maximum Gasteiger partial charge on any atom is 0.251 e. The van der Waals surface area contributed by atoms with Crippen molar-refractivity contribution < 1.29 is 4.79 Å². The van der Waals surface area contributed by atoms with Crippen LogP contribution in [0.15, 0.2) is 24.5 Å². The predicted molar refractivity (Wildman–Crippen MR) is 77.4 cm³/mol. The van der Waals surface area contributed by atoms with E-state index >= 15 is 0 Å². The molecule has 1 aromatic carbocycles. The van der Waals surface area contributed by atoms with Gasteiger partial charge in [-0.2, -0.15) is 5.10 Å². The van der Waals surface area contributed by atoms with E-state index in [9.17, 15) is 4.79 Å². The lowest BCUT2D eigenvalue weighted by atomic mass is 10.1. The molecular weight excluding hydrogens is 256 g/mol. The maximum absolute atomic E-state index is 11.5. The average molecular weight is 274 g/mol. The number of nitrogen functional groups attached to an aromatic ring is 1. The number of nitrogens with zero attached hydrogens (tertiary/aromatic N) is 3. The van der Waals surface area contributed by atoms with Gasteiger partial charge < -0.3 is 16.4 Å². The number of nitrogens with one attached hydrogen (secondary N) is 2. The van der Waals surface area contributed by atoms with E-state index in [0.29, 0.717) is 24.2 Å². The summed E-state index contributed by atoms with van der Waals surface area (Å²) in [6.07, 6.45) is 2.37. The van der Waals surface area contributed by atoms with E-state index in [4.69, 9.17) is 5.73 Å². The van der Waals surface area contributed by atoms with E-state index in [0.717, 1.165) is 11.5 Å². The Balaban J connectivity index is 1.94. The van der Waals surface area contributed by atoms with Gasteiger partial charge in [0, 0.05) is 32.6 Å². The van der Waals surface area contributed by atoms with Gasteiger partial charge in [-0.1, -0.05) is 0 Å². The van der Waals surface area contributed by atoms with Gasteiger partial charge in [-0.05, 0) is 18.2 Å². The lowest BCUT2D eigenvalue weighted by Crippen LogP contribution is -2.18. The number of benzene rings is 1. The summed E-state index contributed by atoms with van der Waals surface area (Å²) in [4.78, 5) is 15.6. The number of aryl methyl sites for hydroxylation is 1. The van der Waals surface area contributed by atoms with E-state index in [-0.39, 0.29) is 5.91 Å². The molecule has 7 nitrogen and oxygen atoms in total. The van der Waals surface area contributed by atoms with E-state index < -0.39 is 0 Å². The molecule has 0 saturated heterocycles. The van der Waals surface area contributed by atoms with Crippen molar-refractivity contribution in [3.63, 3.8) is 0 Å². The van der Waals surface area contributed by atoms with Crippen LogP contribution in [-0.2, 0) is 13.5 Å². The molecule has 0 atom stereocenters. The number of hydrogen-bond acceptors (Lipinski definition) is 5.